The lowest BCUT2D eigenvalue weighted by Crippen LogP contribution is -2.12. The van der Waals surface area contributed by atoms with Crippen LogP contribution in [0.25, 0.3) is 0 Å². The maximum Gasteiger partial charge on any atom is 0.133 e. The summed E-state index contributed by atoms with van der Waals surface area (Å²) >= 11 is 0. The average molecular weight is 194 g/mol. The van der Waals surface area contributed by atoms with Crippen molar-refractivity contribution in [3.63, 3.8) is 0 Å². The molecule has 1 saturated carbocycles. The van der Waals surface area contributed by atoms with E-state index in [4.69, 9.17) is 0 Å². The third kappa shape index (κ3) is 4.59. The lowest BCUT2D eigenvalue weighted by molar-refractivity contribution is -0.121. The molecule has 1 aliphatic rings. The Morgan fingerprint density at radius 3 is 3.00 bits per heavy atom. The Morgan fingerprint density at radius 1 is 1.43 bits per heavy atom. The topological polar surface area (TPSA) is 17.1 Å². The normalized spacial score (nSPS) is 23.2. The summed E-state index contributed by atoms with van der Waals surface area (Å²) in [6.07, 6.45) is 13.6. The van der Waals surface area contributed by atoms with Crippen molar-refractivity contribution in [2.45, 2.75) is 58.3 Å². The van der Waals surface area contributed by atoms with Gasteiger partial charge in [-0.05, 0) is 31.6 Å². The first kappa shape index (κ1) is 11.5. The lowest BCUT2D eigenvalue weighted by Gasteiger charge is -2.16. The van der Waals surface area contributed by atoms with Crippen LogP contribution in [0, 0.1) is 5.92 Å². The minimum Gasteiger partial charge on any atom is -0.300 e. The highest BCUT2D eigenvalue weighted by Gasteiger charge is 2.16. The molecule has 0 unspecified atom stereocenters. The van der Waals surface area contributed by atoms with Gasteiger partial charge >= 0.3 is 0 Å². The lowest BCUT2D eigenvalue weighted by atomic mass is 9.88. The zero-order chi connectivity index (χ0) is 10.2. The van der Waals surface area contributed by atoms with Gasteiger partial charge in [-0.1, -0.05) is 31.9 Å². The van der Waals surface area contributed by atoms with E-state index in [1.165, 1.54) is 32.1 Å². The second-order valence-electron chi connectivity index (χ2n) is 4.32. The van der Waals surface area contributed by atoms with Crippen LogP contribution in [-0.4, -0.2) is 5.78 Å². The van der Waals surface area contributed by atoms with Crippen LogP contribution in [0.2, 0.25) is 0 Å². The molecular formula is C13H22O. The molecule has 1 aliphatic carbocycles. The number of ketones is 1. The zero-order valence-electron chi connectivity index (χ0n) is 9.30. The van der Waals surface area contributed by atoms with Crippen LogP contribution in [0.4, 0.5) is 0 Å². The highest BCUT2D eigenvalue weighted by atomic mass is 16.1. The molecule has 0 N–H and O–H groups in total. The van der Waals surface area contributed by atoms with Crippen molar-refractivity contribution >= 4 is 5.78 Å². The summed E-state index contributed by atoms with van der Waals surface area (Å²) in [4.78, 5) is 11.2. The number of rotatable bonds is 5. The molecule has 0 amide bonds. The van der Waals surface area contributed by atoms with Crippen LogP contribution < -0.4 is 0 Å². The second-order valence-corrected chi connectivity index (χ2v) is 4.32. The molecule has 0 aromatic carbocycles. The molecule has 1 heteroatoms. The van der Waals surface area contributed by atoms with Crippen LogP contribution >= 0.6 is 0 Å². The third-order valence-corrected chi connectivity index (χ3v) is 2.90. The SMILES string of the molecule is CCCCC/C=C/[C@H]1CCCC(=O)C1. The maximum absolute atomic E-state index is 11.2. The first-order valence-corrected chi connectivity index (χ1v) is 6.01. The second kappa shape index (κ2) is 6.80. The van der Waals surface area contributed by atoms with Crippen molar-refractivity contribution in [3.8, 4) is 0 Å². The van der Waals surface area contributed by atoms with Crippen LogP contribution in [0.15, 0.2) is 12.2 Å². The molecule has 80 valence electrons. The van der Waals surface area contributed by atoms with E-state index >= 15 is 0 Å². The Kier molecular flexibility index (Phi) is 5.58. The average Bonchev–Trinajstić information content (AvgIpc) is 2.18. The van der Waals surface area contributed by atoms with E-state index in [0.29, 0.717) is 11.7 Å². The van der Waals surface area contributed by atoms with Crippen molar-refractivity contribution in [1.29, 1.82) is 0 Å². The Morgan fingerprint density at radius 2 is 2.29 bits per heavy atom. The van der Waals surface area contributed by atoms with E-state index < -0.39 is 0 Å². The smallest absolute Gasteiger partial charge is 0.133 e. The molecule has 0 aromatic rings. The number of allylic oxidation sites excluding steroid dienone is 2. The predicted molar refractivity (Wildman–Crippen MR) is 60.2 cm³/mol. The monoisotopic (exact) mass is 194 g/mol. The maximum atomic E-state index is 11.2. The van der Waals surface area contributed by atoms with Gasteiger partial charge in [-0.25, -0.2) is 0 Å². The van der Waals surface area contributed by atoms with Crippen molar-refractivity contribution < 1.29 is 4.79 Å². The quantitative estimate of drug-likeness (QED) is 0.479. The minimum absolute atomic E-state index is 0.458. The van der Waals surface area contributed by atoms with Gasteiger partial charge in [0.1, 0.15) is 5.78 Å². The van der Waals surface area contributed by atoms with Gasteiger partial charge in [0.2, 0.25) is 0 Å². The predicted octanol–water partition coefficient (Wildman–Crippen LogP) is 3.88. The summed E-state index contributed by atoms with van der Waals surface area (Å²) in [6.45, 7) is 2.23. The van der Waals surface area contributed by atoms with Crippen LogP contribution in [0.3, 0.4) is 0 Å². The van der Waals surface area contributed by atoms with Gasteiger partial charge in [-0.15, -0.1) is 0 Å². The molecule has 0 aromatic heterocycles. The van der Waals surface area contributed by atoms with E-state index in [0.717, 1.165) is 19.3 Å². The summed E-state index contributed by atoms with van der Waals surface area (Å²) in [5.74, 6) is 1.01. The fraction of sp³-hybridized carbons (Fsp3) is 0.769. The van der Waals surface area contributed by atoms with E-state index in [-0.39, 0.29) is 0 Å². The van der Waals surface area contributed by atoms with Gasteiger partial charge in [-0.3, -0.25) is 4.79 Å². The zero-order valence-corrected chi connectivity index (χ0v) is 9.30. The first-order valence-electron chi connectivity index (χ1n) is 6.01. The van der Waals surface area contributed by atoms with Crippen molar-refractivity contribution in [2.24, 2.45) is 5.92 Å². The molecule has 0 heterocycles. The molecule has 0 aliphatic heterocycles. The Bertz CT molecular complexity index is 193. The van der Waals surface area contributed by atoms with Crippen molar-refractivity contribution in [1.82, 2.24) is 0 Å². The molecular weight excluding hydrogens is 172 g/mol. The number of hydrogen-bond acceptors (Lipinski definition) is 1. The van der Waals surface area contributed by atoms with E-state index in [2.05, 4.69) is 19.1 Å². The Hall–Kier alpha value is -0.590. The summed E-state index contributed by atoms with van der Waals surface area (Å²) in [5.41, 5.74) is 0. The Labute approximate surface area is 87.6 Å². The summed E-state index contributed by atoms with van der Waals surface area (Å²) in [7, 11) is 0. The highest BCUT2D eigenvalue weighted by molar-refractivity contribution is 5.79. The largest absolute Gasteiger partial charge is 0.300 e. The van der Waals surface area contributed by atoms with Crippen molar-refractivity contribution in [3.05, 3.63) is 12.2 Å². The molecule has 1 nitrogen and oxygen atoms in total. The van der Waals surface area contributed by atoms with Gasteiger partial charge in [0.05, 0.1) is 0 Å². The summed E-state index contributed by atoms with van der Waals surface area (Å²) in [6, 6.07) is 0. The molecule has 1 atom stereocenters. The van der Waals surface area contributed by atoms with Gasteiger partial charge in [0, 0.05) is 12.8 Å². The van der Waals surface area contributed by atoms with E-state index in [1.54, 1.807) is 0 Å². The molecule has 1 rings (SSSR count). The van der Waals surface area contributed by atoms with Crippen molar-refractivity contribution in [2.75, 3.05) is 0 Å². The number of unbranched alkanes of at least 4 members (excludes halogenated alkanes) is 3. The van der Waals surface area contributed by atoms with Crippen LogP contribution in [-0.2, 0) is 4.79 Å². The molecule has 0 bridgehead atoms. The summed E-state index contributed by atoms with van der Waals surface area (Å²) < 4.78 is 0. The van der Waals surface area contributed by atoms with Gasteiger partial charge < -0.3 is 0 Å². The fourth-order valence-electron chi connectivity index (χ4n) is 2.02. The number of Topliss-reactive ketones (excluding diaryl/α,β-unsaturated/α-hetero) is 1. The fourth-order valence-corrected chi connectivity index (χ4v) is 2.02. The van der Waals surface area contributed by atoms with Crippen LogP contribution in [0.5, 0.6) is 0 Å². The standard InChI is InChI=1S/C13H22O/c1-2-3-4-5-6-8-12-9-7-10-13(14)11-12/h6,8,12H,2-5,7,9-11H2,1H3/b8-6+/t12-/m0/s1. The van der Waals surface area contributed by atoms with Gasteiger partial charge in [0.25, 0.3) is 0 Å². The minimum atomic E-state index is 0.458. The summed E-state index contributed by atoms with van der Waals surface area (Å²) in [5, 5.41) is 0. The highest BCUT2D eigenvalue weighted by Crippen LogP contribution is 2.22. The molecule has 14 heavy (non-hydrogen) atoms. The molecule has 0 saturated heterocycles. The molecule has 1 fully saturated rings. The number of hydrogen-bond donors (Lipinski definition) is 0. The third-order valence-electron chi connectivity index (χ3n) is 2.90. The Balaban J connectivity index is 2.12. The van der Waals surface area contributed by atoms with Crippen LogP contribution in [0.1, 0.15) is 58.3 Å². The number of carbonyl (C=O) groups is 1. The molecule has 0 spiro atoms. The van der Waals surface area contributed by atoms with Gasteiger partial charge in [-0.2, -0.15) is 0 Å². The first-order chi connectivity index (χ1) is 6.83. The van der Waals surface area contributed by atoms with E-state index in [9.17, 15) is 4.79 Å². The van der Waals surface area contributed by atoms with Gasteiger partial charge in [0.15, 0.2) is 0 Å². The van der Waals surface area contributed by atoms with E-state index in [1.807, 2.05) is 0 Å². The number of carbonyl (C=O) groups excluding carboxylic acids is 1. The molecule has 0 radical (unpaired) electrons.